The molecule has 29 heavy (non-hydrogen) atoms. The predicted octanol–water partition coefficient (Wildman–Crippen LogP) is 3.15. The quantitative estimate of drug-likeness (QED) is 0.584. The molecular weight excluding hydrogens is 411 g/mol. The van der Waals surface area contributed by atoms with Crippen molar-refractivity contribution in [3.05, 3.63) is 64.9 Å². The fourth-order valence-electron chi connectivity index (χ4n) is 3.15. The lowest BCUT2D eigenvalue weighted by Crippen LogP contribution is -2.51. The van der Waals surface area contributed by atoms with Gasteiger partial charge in [0.05, 0.1) is 16.3 Å². The van der Waals surface area contributed by atoms with E-state index in [1.165, 1.54) is 35.2 Å². The molecule has 1 aliphatic heterocycles. The van der Waals surface area contributed by atoms with Crippen molar-refractivity contribution in [2.24, 2.45) is 0 Å². The highest BCUT2D eigenvalue weighted by molar-refractivity contribution is 7.99. The van der Waals surface area contributed by atoms with Crippen LogP contribution in [0.2, 0.25) is 0 Å². The molecule has 0 bridgehead atoms. The third-order valence-electron chi connectivity index (χ3n) is 4.67. The van der Waals surface area contributed by atoms with Gasteiger partial charge in [-0.2, -0.15) is 0 Å². The summed E-state index contributed by atoms with van der Waals surface area (Å²) in [4.78, 5) is 33.6. The van der Waals surface area contributed by atoms with E-state index < -0.39 is 0 Å². The van der Waals surface area contributed by atoms with Gasteiger partial charge in [0.25, 0.3) is 5.91 Å². The fraction of sp³-hybridized carbons (Fsp3) is 0.250. The Morgan fingerprint density at radius 3 is 2.62 bits per heavy atom. The molecule has 9 heteroatoms. The first-order valence-corrected chi connectivity index (χ1v) is 11.0. The van der Waals surface area contributed by atoms with Gasteiger partial charge >= 0.3 is 0 Å². The zero-order chi connectivity index (χ0) is 20.2. The third-order valence-corrected chi connectivity index (χ3v) is 6.48. The van der Waals surface area contributed by atoms with Gasteiger partial charge in [0.2, 0.25) is 5.91 Å². The molecule has 0 saturated carbocycles. The smallest absolute Gasteiger partial charge is 0.264 e. The number of rotatable bonds is 5. The molecule has 0 radical (unpaired) electrons. The van der Waals surface area contributed by atoms with Crippen LogP contribution in [0.25, 0.3) is 5.69 Å². The molecule has 0 unspecified atom stereocenters. The lowest BCUT2D eigenvalue weighted by atomic mass is 10.3. The molecule has 3 aromatic rings. The molecule has 0 atom stereocenters. The number of aromatic nitrogens is 2. The van der Waals surface area contributed by atoms with Gasteiger partial charge in [0.15, 0.2) is 5.16 Å². The van der Waals surface area contributed by atoms with Crippen molar-refractivity contribution in [2.45, 2.75) is 5.16 Å². The van der Waals surface area contributed by atoms with E-state index in [0.29, 0.717) is 37.0 Å². The van der Waals surface area contributed by atoms with Gasteiger partial charge in [-0.3, -0.25) is 14.2 Å². The molecular formula is C20H19FN4O2S2. The first-order valence-electron chi connectivity index (χ1n) is 9.14. The number of nitrogens with zero attached hydrogens (tertiary/aromatic N) is 4. The second-order valence-electron chi connectivity index (χ2n) is 6.50. The minimum atomic E-state index is -0.321. The van der Waals surface area contributed by atoms with Crippen LogP contribution < -0.4 is 0 Å². The lowest BCUT2D eigenvalue weighted by Gasteiger charge is -2.34. The number of thiophene rings is 1. The Bertz CT molecular complexity index is 998. The van der Waals surface area contributed by atoms with Crippen LogP contribution in [0.5, 0.6) is 0 Å². The molecule has 0 spiro atoms. The molecule has 6 nitrogen and oxygen atoms in total. The van der Waals surface area contributed by atoms with E-state index in [4.69, 9.17) is 0 Å². The van der Waals surface area contributed by atoms with E-state index in [2.05, 4.69) is 4.98 Å². The molecule has 2 amide bonds. The first-order chi connectivity index (χ1) is 14.1. The van der Waals surface area contributed by atoms with Crippen LogP contribution in [0.4, 0.5) is 4.39 Å². The number of hydrogen-bond donors (Lipinski definition) is 0. The molecule has 3 heterocycles. The van der Waals surface area contributed by atoms with Gasteiger partial charge in [-0.15, -0.1) is 11.3 Å². The van der Waals surface area contributed by atoms with Gasteiger partial charge in [0.1, 0.15) is 5.82 Å². The molecule has 0 N–H and O–H groups in total. The Morgan fingerprint density at radius 2 is 1.90 bits per heavy atom. The highest BCUT2D eigenvalue weighted by atomic mass is 32.2. The monoisotopic (exact) mass is 430 g/mol. The normalized spacial score (nSPS) is 14.2. The summed E-state index contributed by atoms with van der Waals surface area (Å²) in [6, 6.07) is 9.93. The number of imidazole rings is 1. The lowest BCUT2D eigenvalue weighted by molar-refractivity contribution is -0.129. The standard InChI is InChI=1S/C20H19FN4O2S2/c21-15-3-1-4-16(13-15)25-7-6-22-20(25)29-14-18(26)23-8-10-24(11-9-23)19(27)17-5-2-12-28-17/h1-7,12-13H,8-11,14H2. The Labute approximate surface area is 176 Å². The summed E-state index contributed by atoms with van der Waals surface area (Å²) in [5.74, 6) is -0.0469. The van der Waals surface area contributed by atoms with E-state index in [1.54, 1.807) is 38.9 Å². The van der Waals surface area contributed by atoms with Crippen LogP contribution in [0, 0.1) is 5.82 Å². The number of piperazine rings is 1. The number of carbonyl (C=O) groups is 2. The van der Waals surface area contributed by atoms with Crippen LogP contribution in [0.1, 0.15) is 9.67 Å². The van der Waals surface area contributed by atoms with Crippen LogP contribution in [0.15, 0.2) is 59.3 Å². The second kappa shape index (κ2) is 8.79. The van der Waals surface area contributed by atoms with Crippen LogP contribution in [-0.2, 0) is 4.79 Å². The predicted molar refractivity (Wildman–Crippen MR) is 111 cm³/mol. The average Bonchev–Trinajstić information content (AvgIpc) is 3.43. The van der Waals surface area contributed by atoms with Gasteiger partial charge in [-0.05, 0) is 29.6 Å². The Kier molecular flexibility index (Phi) is 5.96. The molecule has 0 aliphatic carbocycles. The highest BCUT2D eigenvalue weighted by Crippen LogP contribution is 2.22. The second-order valence-corrected chi connectivity index (χ2v) is 8.39. The van der Waals surface area contributed by atoms with E-state index in [0.717, 1.165) is 4.88 Å². The van der Waals surface area contributed by atoms with Crippen molar-refractivity contribution in [3.63, 3.8) is 0 Å². The van der Waals surface area contributed by atoms with Crippen molar-refractivity contribution in [3.8, 4) is 5.69 Å². The highest BCUT2D eigenvalue weighted by Gasteiger charge is 2.25. The summed E-state index contributed by atoms with van der Waals surface area (Å²) in [6.45, 7) is 2.11. The average molecular weight is 431 g/mol. The minimum absolute atomic E-state index is 0.00650. The summed E-state index contributed by atoms with van der Waals surface area (Å²) >= 11 is 2.75. The SMILES string of the molecule is O=C(CSc1nccn1-c1cccc(F)c1)N1CCN(C(=O)c2cccs2)CC1. The molecule has 1 saturated heterocycles. The molecule has 1 fully saturated rings. The van der Waals surface area contributed by atoms with Crippen LogP contribution >= 0.6 is 23.1 Å². The maximum atomic E-state index is 13.5. The Balaban J connectivity index is 1.31. The van der Waals surface area contributed by atoms with Crippen LogP contribution in [0.3, 0.4) is 0 Å². The first kappa shape index (κ1) is 19.7. The molecule has 1 aromatic carbocycles. The summed E-state index contributed by atoms with van der Waals surface area (Å²) in [7, 11) is 0. The zero-order valence-electron chi connectivity index (χ0n) is 15.5. The number of thioether (sulfide) groups is 1. The third kappa shape index (κ3) is 4.51. The van der Waals surface area contributed by atoms with Crippen molar-refractivity contribution >= 4 is 34.9 Å². The van der Waals surface area contributed by atoms with E-state index in [9.17, 15) is 14.0 Å². The van der Waals surface area contributed by atoms with E-state index in [-0.39, 0.29) is 23.4 Å². The van der Waals surface area contributed by atoms with Crippen LogP contribution in [-0.4, -0.2) is 63.1 Å². The molecule has 1 aliphatic rings. The van der Waals surface area contributed by atoms with Crippen molar-refractivity contribution in [2.75, 3.05) is 31.9 Å². The van der Waals surface area contributed by atoms with Gasteiger partial charge in [-0.25, -0.2) is 9.37 Å². The van der Waals surface area contributed by atoms with Crippen molar-refractivity contribution in [1.82, 2.24) is 19.4 Å². The van der Waals surface area contributed by atoms with Crippen molar-refractivity contribution < 1.29 is 14.0 Å². The summed E-state index contributed by atoms with van der Waals surface area (Å²) in [6.07, 6.45) is 3.38. The Morgan fingerprint density at radius 1 is 1.10 bits per heavy atom. The summed E-state index contributed by atoms with van der Waals surface area (Å²) in [5, 5.41) is 2.52. The largest absolute Gasteiger partial charge is 0.338 e. The van der Waals surface area contributed by atoms with E-state index >= 15 is 0 Å². The van der Waals surface area contributed by atoms with Crippen molar-refractivity contribution in [1.29, 1.82) is 0 Å². The molecule has 4 rings (SSSR count). The number of amides is 2. The van der Waals surface area contributed by atoms with Gasteiger partial charge in [-0.1, -0.05) is 23.9 Å². The van der Waals surface area contributed by atoms with Gasteiger partial charge in [0, 0.05) is 38.6 Å². The van der Waals surface area contributed by atoms with E-state index in [1.807, 2.05) is 17.5 Å². The minimum Gasteiger partial charge on any atom is -0.338 e. The maximum absolute atomic E-state index is 13.5. The Hall–Kier alpha value is -2.65. The number of hydrogen-bond acceptors (Lipinski definition) is 5. The number of benzene rings is 1. The topological polar surface area (TPSA) is 58.4 Å². The fourth-order valence-corrected chi connectivity index (χ4v) is 4.72. The van der Waals surface area contributed by atoms with Gasteiger partial charge < -0.3 is 9.80 Å². The number of carbonyl (C=O) groups excluding carboxylic acids is 2. The summed E-state index contributed by atoms with van der Waals surface area (Å²) in [5.41, 5.74) is 0.665. The molecule has 150 valence electrons. The molecule has 2 aromatic heterocycles. The zero-order valence-corrected chi connectivity index (χ0v) is 17.2. The summed E-state index contributed by atoms with van der Waals surface area (Å²) < 4.78 is 15.3. The number of halogens is 1. The maximum Gasteiger partial charge on any atom is 0.264 e.